The fourth-order valence-electron chi connectivity index (χ4n) is 1.25. The first-order chi connectivity index (χ1) is 5.29. The molecule has 1 aliphatic rings. The lowest BCUT2D eigenvalue weighted by Gasteiger charge is -2.03. The largest absolute Gasteiger partial charge is 0.370 e. The summed E-state index contributed by atoms with van der Waals surface area (Å²) >= 11 is 0. The van der Waals surface area contributed by atoms with E-state index in [4.69, 9.17) is 4.74 Å². The molecule has 0 aliphatic carbocycles. The summed E-state index contributed by atoms with van der Waals surface area (Å²) in [6.07, 6.45) is 1.05. The molecular weight excluding hydrogens is 136 g/mol. The lowest BCUT2D eigenvalue weighted by molar-refractivity contribution is 0.322. The van der Waals surface area contributed by atoms with Crippen LogP contribution < -0.4 is 0 Å². The Morgan fingerprint density at radius 3 is 2.55 bits per heavy atom. The van der Waals surface area contributed by atoms with Gasteiger partial charge in [0.2, 0.25) is 0 Å². The molecule has 1 heteroatoms. The number of ether oxygens (including phenoxy) is 1. The van der Waals surface area contributed by atoms with Crippen molar-refractivity contribution in [1.29, 1.82) is 0 Å². The zero-order valence-electron chi connectivity index (χ0n) is 6.71. The predicted octanol–water partition coefficient (Wildman–Crippen LogP) is 2.02. The topological polar surface area (TPSA) is 12.5 Å². The van der Waals surface area contributed by atoms with E-state index in [2.05, 4.69) is 31.2 Å². The van der Waals surface area contributed by atoms with E-state index in [-0.39, 0.29) is 5.60 Å². The van der Waals surface area contributed by atoms with Crippen LogP contribution in [0.5, 0.6) is 0 Å². The molecule has 0 unspecified atom stereocenters. The summed E-state index contributed by atoms with van der Waals surface area (Å²) in [7, 11) is 0. The Bertz CT molecular complexity index is 236. The Labute approximate surface area is 67.0 Å². The number of benzene rings is 1. The minimum Gasteiger partial charge on any atom is -0.370 e. The fraction of sp³-hybridized carbons (Fsp3) is 0.400. The monoisotopic (exact) mass is 148 g/mol. The van der Waals surface area contributed by atoms with Crippen molar-refractivity contribution in [3.8, 4) is 0 Å². The molecule has 1 aromatic rings. The van der Waals surface area contributed by atoms with E-state index < -0.39 is 0 Å². The van der Waals surface area contributed by atoms with E-state index in [0.29, 0.717) is 0 Å². The third-order valence-corrected chi connectivity index (χ3v) is 2.06. The van der Waals surface area contributed by atoms with Crippen LogP contribution in [0.1, 0.15) is 12.5 Å². The van der Waals surface area contributed by atoms with Gasteiger partial charge < -0.3 is 4.74 Å². The third-order valence-electron chi connectivity index (χ3n) is 2.06. The molecule has 1 nitrogen and oxygen atoms in total. The van der Waals surface area contributed by atoms with Gasteiger partial charge in [-0.05, 0) is 12.5 Å². The molecule has 2 rings (SSSR count). The molecule has 0 N–H and O–H groups in total. The highest BCUT2D eigenvalue weighted by Crippen LogP contribution is 2.29. The first-order valence-corrected chi connectivity index (χ1v) is 3.96. The molecule has 1 atom stereocenters. The van der Waals surface area contributed by atoms with E-state index in [1.165, 1.54) is 5.56 Å². The van der Waals surface area contributed by atoms with Crippen LogP contribution >= 0.6 is 0 Å². The molecule has 1 heterocycles. The van der Waals surface area contributed by atoms with E-state index in [0.717, 1.165) is 13.0 Å². The third kappa shape index (κ3) is 1.60. The van der Waals surface area contributed by atoms with Crippen LogP contribution in [-0.4, -0.2) is 12.2 Å². The summed E-state index contributed by atoms with van der Waals surface area (Å²) in [4.78, 5) is 0. The molecule has 0 bridgehead atoms. The molecule has 11 heavy (non-hydrogen) atoms. The van der Waals surface area contributed by atoms with Gasteiger partial charge in [0, 0.05) is 6.42 Å². The highest BCUT2D eigenvalue weighted by Gasteiger charge is 2.38. The fourth-order valence-corrected chi connectivity index (χ4v) is 1.25. The van der Waals surface area contributed by atoms with E-state index in [9.17, 15) is 0 Å². The zero-order chi connectivity index (χ0) is 7.73. The SMILES string of the molecule is C[C@]1(Cc2ccccc2)CO1. The summed E-state index contributed by atoms with van der Waals surface area (Å²) in [5.41, 5.74) is 1.52. The molecule has 0 aromatic heterocycles. The van der Waals surface area contributed by atoms with Crippen LogP contribution in [0, 0.1) is 0 Å². The van der Waals surface area contributed by atoms with Crippen molar-refractivity contribution in [3.05, 3.63) is 35.9 Å². The van der Waals surface area contributed by atoms with Gasteiger partial charge in [-0.3, -0.25) is 0 Å². The van der Waals surface area contributed by atoms with E-state index in [1.807, 2.05) is 6.07 Å². The zero-order valence-corrected chi connectivity index (χ0v) is 6.71. The van der Waals surface area contributed by atoms with Crippen molar-refractivity contribution in [2.24, 2.45) is 0 Å². The Morgan fingerprint density at radius 1 is 1.36 bits per heavy atom. The van der Waals surface area contributed by atoms with E-state index in [1.54, 1.807) is 0 Å². The normalized spacial score (nSPS) is 28.5. The predicted molar refractivity (Wildman–Crippen MR) is 44.5 cm³/mol. The van der Waals surface area contributed by atoms with Crippen LogP contribution in [-0.2, 0) is 11.2 Å². The molecule has 0 amide bonds. The van der Waals surface area contributed by atoms with Gasteiger partial charge in [-0.25, -0.2) is 0 Å². The average Bonchev–Trinajstić information content (AvgIpc) is 2.70. The molecule has 1 saturated heterocycles. The van der Waals surface area contributed by atoms with Gasteiger partial charge in [0.25, 0.3) is 0 Å². The highest BCUT2D eigenvalue weighted by molar-refractivity contribution is 5.18. The summed E-state index contributed by atoms with van der Waals surface area (Å²) in [5.74, 6) is 0. The maximum atomic E-state index is 5.30. The second kappa shape index (κ2) is 2.35. The van der Waals surface area contributed by atoms with Gasteiger partial charge in [0.15, 0.2) is 0 Å². The lowest BCUT2D eigenvalue weighted by atomic mass is 10.0. The first-order valence-electron chi connectivity index (χ1n) is 3.96. The first kappa shape index (κ1) is 6.86. The second-order valence-corrected chi connectivity index (χ2v) is 3.40. The van der Waals surface area contributed by atoms with Crippen molar-refractivity contribution >= 4 is 0 Å². The van der Waals surface area contributed by atoms with Crippen LogP contribution in [0.2, 0.25) is 0 Å². The van der Waals surface area contributed by atoms with Crippen molar-refractivity contribution in [2.45, 2.75) is 18.9 Å². The Morgan fingerprint density at radius 2 is 2.00 bits per heavy atom. The minimum atomic E-state index is 0.154. The van der Waals surface area contributed by atoms with Gasteiger partial charge >= 0.3 is 0 Å². The number of hydrogen-bond acceptors (Lipinski definition) is 1. The molecule has 58 valence electrons. The van der Waals surface area contributed by atoms with E-state index >= 15 is 0 Å². The van der Waals surface area contributed by atoms with Gasteiger partial charge in [-0.15, -0.1) is 0 Å². The second-order valence-electron chi connectivity index (χ2n) is 3.40. The van der Waals surface area contributed by atoms with Crippen molar-refractivity contribution in [3.63, 3.8) is 0 Å². The smallest absolute Gasteiger partial charge is 0.0928 e. The van der Waals surface area contributed by atoms with Crippen molar-refractivity contribution in [1.82, 2.24) is 0 Å². The Hall–Kier alpha value is -0.820. The molecule has 0 radical (unpaired) electrons. The molecule has 1 aromatic carbocycles. The molecular formula is C10H12O. The van der Waals surface area contributed by atoms with Crippen LogP contribution in [0.3, 0.4) is 0 Å². The number of hydrogen-bond donors (Lipinski definition) is 0. The highest BCUT2D eigenvalue weighted by atomic mass is 16.6. The van der Waals surface area contributed by atoms with Gasteiger partial charge in [0.1, 0.15) is 0 Å². The summed E-state index contributed by atoms with van der Waals surface area (Å²) < 4.78 is 5.30. The Kier molecular flexibility index (Phi) is 1.46. The van der Waals surface area contributed by atoms with Gasteiger partial charge in [-0.1, -0.05) is 30.3 Å². The van der Waals surface area contributed by atoms with Crippen molar-refractivity contribution in [2.75, 3.05) is 6.61 Å². The van der Waals surface area contributed by atoms with Gasteiger partial charge in [0.05, 0.1) is 12.2 Å². The quantitative estimate of drug-likeness (QED) is 0.584. The standard InChI is InChI=1S/C10H12O/c1-10(8-11-10)7-9-5-3-2-4-6-9/h2-6H,7-8H2,1H3/t10-/m0/s1. The maximum Gasteiger partial charge on any atom is 0.0928 e. The average molecular weight is 148 g/mol. The maximum absolute atomic E-state index is 5.30. The number of rotatable bonds is 2. The summed E-state index contributed by atoms with van der Waals surface area (Å²) in [5, 5.41) is 0. The van der Waals surface area contributed by atoms with Crippen LogP contribution in [0.25, 0.3) is 0 Å². The number of epoxide rings is 1. The molecule has 1 fully saturated rings. The lowest BCUT2D eigenvalue weighted by Crippen LogP contribution is -2.08. The van der Waals surface area contributed by atoms with Crippen LogP contribution in [0.4, 0.5) is 0 Å². The molecule has 0 spiro atoms. The Balaban J connectivity index is 2.07. The van der Waals surface area contributed by atoms with Gasteiger partial charge in [-0.2, -0.15) is 0 Å². The molecule has 0 saturated carbocycles. The van der Waals surface area contributed by atoms with Crippen molar-refractivity contribution < 1.29 is 4.74 Å². The summed E-state index contributed by atoms with van der Waals surface area (Å²) in [6, 6.07) is 10.5. The van der Waals surface area contributed by atoms with Crippen LogP contribution in [0.15, 0.2) is 30.3 Å². The molecule has 1 aliphatic heterocycles. The minimum absolute atomic E-state index is 0.154. The summed E-state index contributed by atoms with van der Waals surface area (Å²) in [6.45, 7) is 3.07.